The fourth-order valence-electron chi connectivity index (χ4n) is 1.26. The molecular weight excluding hydrogens is 130 g/mol. The van der Waals surface area contributed by atoms with E-state index in [-0.39, 0.29) is 0 Å². The summed E-state index contributed by atoms with van der Waals surface area (Å²) in [5.74, 6) is 0.831. The van der Waals surface area contributed by atoms with Gasteiger partial charge in [-0.05, 0) is 6.42 Å². The summed E-state index contributed by atoms with van der Waals surface area (Å²) in [7, 11) is 0. The molecular formula is C6H11N3O. The summed E-state index contributed by atoms with van der Waals surface area (Å²) in [6.07, 6.45) is 1.08. The number of aliphatic imine (C=N–C) groups is 1. The Balaban J connectivity index is 2.08. The Morgan fingerprint density at radius 3 is 3.40 bits per heavy atom. The number of fused-ring (bicyclic) bond motifs is 1. The van der Waals surface area contributed by atoms with Crippen molar-refractivity contribution in [1.82, 2.24) is 10.8 Å². The number of hydrogen-bond donors (Lipinski definition) is 2. The summed E-state index contributed by atoms with van der Waals surface area (Å²) >= 11 is 0. The lowest BCUT2D eigenvalue weighted by Gasteiger charge is -2.28. The highest BCUT2D eigenvalue weighted by molar-refractivity contribution is 5.82. The first kappa shape index (κ1) is 6.12. The minimum Gasteiger partial charge on any atom is -0.392 e. The lowest BCUT2D eigenvalue weighted by molar-refractivity contribution is 0.136. The first-order chi connectivity index (χ1) is 4.97. The zero-order chi connectivity index (χ0) is 6.81. The molecule has 0 radical (unpaired) electrons. The van der Waals surface area contributed by atoms with Gasteiger partial charge in [-0.15, -0.1) is 0 Å². The average Bonchev–Trinajstić information content (AvgIpc) is 2.05. The van der Waals surface area contributed by atoms with Crippen molar-refractivity contribution in [1.29, 1.82) is 0 Å². The van der Waals surface area contributed by atoms with Crippen molar-refractivity contribution in [3.05, 3.63) is 0 Å². The molecule has 10 heavy (non-hydrogen) atoms. The predicted molar refractivity (Wildman–Crippen MR) is 37.8 cm³/mol. The van der Waals surface area contributed by atoms with Gasteiger partial charge in [0.05, 0.1) is 12.6 Å². The Hall–Kier alpha value is -0.610. The molecule has 2 aliphatic heterocycles. The molecule has 2 heterocycles. The molecule has 1 fully saturated rings. The van der Waals surface area contributed by atoms with Crippen molar-refractivity contribution < 1.29 is 4.84 Å². The quantitative estimate of drug-likeness (QED) is 0.468. The highest BCUT2D eigenvalue weighted by Crippen LogP contribution is 2.04. The molecule has 4 nitrogen and oxygen atoms in total. The Morgan fingerprint density at radius 2 is 2.50 bits per heavy atom. The second-order valence-corrected chi connectivity index (χ2v) is 2.51. The Bertz CT molecular complexity index is 157. The number of nitrogens with zero attached hydrogens (tertiary/aromatic N) is 1. The van der Waals surface area contributed by atoms with Gasteiger partial charge in [0.25, 0.3) is 0 Å². The fourth-order valence-corrected chi connectivity index (χ4v) is 1.26. The SMILES string of the molecule is C1CNC2CCNOC2=N1. The molecule has 1 atom stereocenters. The van der Waals surface area contributed by atoms with Crippen LogP contribution in [0.15, 0.2) is 4.99 Å². The maximum atomic E-state index is 5.12. The lowest BCUT2D eigenvalue weighted by atomic mass is 10.1. The highest BCUT2D eigenvalue weighted by atomic mass is 16.7. The maximum absolute atomic E-state index is 5.12. The van der Waals surface area contributed by atoms with Crippen molar-refractivity contribution >= 4 is 5.90 Å². The third-order valence-electron chi connectivity index (χ3n) is 1.78. The van der Waals surface area contributed by atoms with E-state index in [1.807, 2.05) is 0 Å². The average molecular weight is 141 g/mol. The molecule has 56 valence electrons. The minimum absolute atomic E-state index is 0.370. The van der Waals surface area contributed by atoms with E-state index in [9.17, 15) is 0 Å². The van der Waals surface area contributed by atoms with Crippen LogP contribution in [-0.2, 0) is 4.84 Å². The van der Waals surface area contributed by atoms with Crippen LogP contribution in [0.4, 0.5) is 0 Å². The Labute approximate surface area is 59.6 Å². The monoisotopic (exact) mass is 141 g/mol. The molecule has 1 unspecified atom stereocenters. The van der Waals surface area contributed by atoms with Crippen LogP contribution in [0, 0.1) is 0 Å². The predicted octanol–water partition coefficient (Wildman–Crippen LogP) is -0.718. The van der Waals surface area contributed by atoms with Crippen LogP contribution in [-0.4, -0.2) is 31.6 Å². The van der Waals surface area contributed by atoms with Gasteiger partial charge in [-0.2, -0.15) is 5.48 Å². The van der Waals surface area contributed by atoms with Gasteiger partial charge in [0.15, 0.2) is 0 Å². The summed E-state index contributed by atoms with van der Waals surface area (Å²) in [5.41, 5.74) is 2.81. The molecule has 0 spiro atoms. The normalized spacial score (nSPS) is 32.0. The van der Waals surface area contributed by atoms with Crippen LogP contribution in [0.5, 0.6) is 0 Å². The number of rotatable bonds is 0. The molecule has 0 aliphatic carbocycles. The fraction of sp³-hybridized carbons (Fsp3) is 0.833. The topological polar surface area (TPSA) is 45.6 Å². The van der Waals surface area contributed by atoms with E-state index in [0.717, 1.165) is 32.0 Å². The van der Waals surface area contributed by atoms with Gasteiger partial charge in [0.1, 0.15) is 0 Å². The van der Waals surface area contributed by atoms with Crippen molar-refractivity contribution in [2.75, 3.05) is 19.6 Å². The van der Waals surface area contributed by atoms with E-state index < -0.39 is 0 Å². The summed E-state index contributed by atoms with van der Waals surface area (Å²) in [5, 5.41) is 3.33. The number of nitrogens with one attached hydrogen (secondary N) is 2. The maximum Gasteiger partial charge on any atom is 0.226 e. The number of hydrogen-bond acceptors (Lipinski definition) is 4. The molecule has 0 amide bonds. The van der Waals surface area contributed by atoms with E-state index in [4.69, 9.17) is 4.84 Å². The molecule has 0 aromatic rings. The van der Waals surface area contributed by atoms with Crippen LogP contribution in [0.25, 0.3) is 0 Å². The van der Waals surface area contributed by atoms with Crippen LogP contribution < -0.4 is 10.8 Å². The zero-order valence-corrected chi connectivity index (χ0v) is 5.76. The van der Waals surface area contributed by atoms with E-state index in [0.29, 0.717) is 6.04 Å². The number of hydroxylamine groups is 1. The van der Waals surface area contributed by atoms with Crippen molar-refractivity contribution in [2.24, 2.45) is 4.99 Å². The van der Waals surface area contributed by atoms with Gasteiger partial charge in [-0.25, -0.2) is 0 Å². The first-order valence-corrected chi connectivity index (χ1v) is 3.64. The molecule has 4 heteroatoms. The van der Waals surface area contributed by atoms with Gasteiger partial charge in [-0.3, -0.25) is 4.99 Å². The summed E-state index contributed by atoms with van der Waals surface area (Å²) < 4.78 is 0. The molecule has 2 N–H and O–H groups in total. The molecule has 0 bridgehead atoms. The van der Waals surface area contributed by atoms with Gasteiger partial charge in [0, 0.05) is 13.1 Å². The standard InChI is InChI=1S/C6H11N3O/c1-2-9-10-6-5(1)7-3-4-8-6/h5,7,9H,1-4H2. The zero-order valence-electron chi connectivity index (χ0n) is 5.76. The molecule has 2 rings (SSSR count). The van der Waals surface area contributed by atoms with E-state index in [1.165, 1.54) is 0 Å². The van der Waals surface area contributed by atoms with Crippen LogP contribution >= 0.6 is 0 Å². The first-order valence-electron chi connectivity index (χ1n) is 3.64. The highest BCUT2D eigenvalue weighted by Gasteiger charge is 2.23. The van der Waals surface area contributed by atoms with Crippen LogP contribution in [0.1, 0.15) is 6.42 Å². The second kappa shape index (κ2) is 2.56. The molecule has 0 saturated carbocycles. The van der Waals surface area contributed by atoms with Gasteiger partial charge in [-0.1, -0.05) is 0 Å². The molecule has 2 aliphatic rings. The summed E-state index contributed by atoms with van der Waals surface area (Å²) in [6, 6.07) is 0.370. The molecule has 1 saturated heterocycles. The Kier molecular flexibility index (Phi) is 1.56. The lowest BCUT2D eigenvalue weighted by Crippen LogP contribution is -2.50. The summed E-state index contributed by atoms with van der Waals surface area (Å²) in [4.78, 5) is 9.34. The van der Waals surface area contributed by atoms with Crippen LogP contribution in [0.3, 0.4) is 0 Å². The van der Waals surface area contributed by atoms with E-state index in [1.54, 1.807) is 0 Å². The van der Waals surface area contributed by atoms with E-state index in [2.05, 4.69) is 15.8 Å². The largest absolute Gasteiger partial charge is 0.392 e. The third kappa shape index (κ3) is 0.998. The van der Waals surface area contributed by atoms with Crippen LogP contribution in [0.2, 0.25) is 0 Å². The Morgan fingerprint density at radius 1 is 1.50 bits per heavy atom. The van der Waals surface area contributed by atoms with Gasteiger partial charge < -0.3 is 10.2 Å². The minimum atomic E-state index is 0.370. The van der Waals surface area contributed by atoms with Crippen molar-refractivity contribution in [3.8, 4) is 0 Å². The smallest absolute Gasteiger partial charge is 0.226 e. The van der Waals surface area contributed by atoms with E-state index >= 15 is 0 Å². The van der Waals surface area contributed by atoms with Gasteiger partial charge in [0.2, 0.25) is 5.90 Å². The third-order valence-corrected chi connectivity index (χ3v) is 1.78. The van der Waals surface area contributed by atoms with Gasteiger partial charge >= 0.3 is 0 Å². The van der Waals surface area contributed by atoms with Crippen molar-refractivity contribution in [2.45, 2.75) is 12.5 Å². The second-order valence-electron chi connectivity index (χ2n) is 2.51. The molecule has 0 aromatic carbocycles. The van der Waals surface area contributed by atoms with Crippen molar-refractivity contribution in [3.63, 3.8) is 0 Å². The molecule has 0 aromatic heterocycles. The summed E-state index contributed by atoms with van der Waals surface area (Å²) in [6.45, 7) is 2.74.